The molecule has 0 amide bonds. The summed E-state index contributed by atoms with van der Waals surface area (Å²) >= 11 is 0. The van der Waals surface area contributed by atoms with Crippen LogP contribution >= 0.6 is 0 Å². The monoisotopic (exact) mass is 316 g/mol. The summed E-state index contributed by atoms with van der Waals surface area (Å²) < 4.78 is 18.3. The van der Waals surface area contributed by atoms with E-state index >= 15 is 0 Å². The van der Waals surface area contributed by atoms with E-state index in [9.17, 15) is 0 Å². The lowest BCUT2D eigenvalue weighted by atomic mass is 10.1. The lowest BCUT2D eigenvalue weighted by Gasteiger charge is -2.30. The maximum absolute atomic E-state index is 6.10. The van der Waals surface area contributed by atoms with E-state index in [0.29, 0.717) is 37.6 Å². The van der Waals surface area contributed by atoms with Crippen molar-refractivity contribution >= 4 is 8.80 Å². The van der Waals surface area contributed by atoms with Gasteiger partial charge in [0.15, 0.2) is 0 Å². The zero-order chi connectivity index (χ0) is 16.3. The molecular weight excluding hydrogens is 280 g/mol. The van der Waals surface area contributed by atoms with Gasteiger partial charge < -0.3 is 13.3 Å². The Morgan fingerprint density at radius 1 is 0.762 bits per heavy atom. The second-order valence-electron chi connectivity index (χ2n) is 6.28. The first-order valence-electron chi connectivity index (χ1n) is 8.48. The minimum Gasteiger partial charge on any atom is -0.370 e. The maximum atomic E-state index is 6.10. The van der Waals surface area contributed by atoms with Crippen LogP contribution in [0.2, 0.25) is 0 Å². The quantitative estimate of drug-likeness (QED) is 0.455. The molecule has 126 valence electrons. The van der Waals surface area contributed by atoms with Crippen LogP contribution in [0, 0.1) is 17.8 Å². The van der Waals surface area contributed by atoms with Crippen LogP contribution in [0.3, 0.4) is 0 Å². The summed E-state index contributed by atoms with van der Waals surface area (Å²) in [5.41, 5.74) is 1.79. The minimum absolute atomic E-state index is 0.510. The summed E-state index contributed by atoms with van der Waals surface area (Å²) in [6, 6.07) is 0. The fourth-order valence-corrected chi connectivity index (χ4v) is 3.58. The molecule has 0 saturated heterocycles. The molecule has 4 heteroatoms. The molecule has 0 aromatic rings. The second-order valence-corrected chi connectivity index (χ2v) is 8.76. The predicted octanol–water partition coefficient (Wildman–Crippen LogP) is 4.84. The zero-order valence-electron chi connectivity index (χ0n) is 15.0. The number of rotatable bonds is 13. The standard InChI is InChI=1S/C17H36O3Si/c1-8-15(5)12-18-21(11-4,19-13-16(6)9-2)20-14-17(7)10-3/h11,15-17H,4,8-10,12-14H2,1-3,5-7H3. The van der Waals surface area contributed by atoms with E-state index < -0.39 is 8.80 Å². The van der Waals surface area contributed by atoms with E-state index in [1.807, 2.05) is 0 Å². The van der Waals surface area contributed by atoms with Crippen molar-refractivity contribution in [3.63, 3.8) is 0 Å². The third kappa shape index (κ3) is 8.76. The summed E-state index contributed by atoms with van der Waals surface area (Å²) in [7, 11) is -2.74. The molecule has 3 unspecified atom stereocenters. The molecule has 0 aliphatic rings. The molecule has 0 aliphatic carbocycles. The van der Waals surface area contributed by atoms with Crippen molar-refractivity contribution < 1.29 is 13.3 Å². The largest absolute Gasteiger partial charge is 0.529 e. The number of hydrogen-bond acceptors (Lipinski definition) is 3. The zero-order valence-corrected chi connectivity index (χ0v) is 16.0. The van der Waals surface area contributed by atoms with Crippen molar-refractivity contribution in [3.05, 3.63) is 12.3 Å². The van der Waals surface area contributed by atoms with Crippen molar-refractivity contribution in [1.29, 1.82) is 0 Å². The van der Waals surface area contributed by atoms with Crippen LogP contribution in [0.15, 0.2) is 12.3 Å². The summed E-state index contributed by atoms with van der Waals surface area (Å²) in [6.07, 6.45) is 3.29. The Kier molecular flexibility index (Phi) is 11.3. The fraction of sp³-hybridized carbons (Fsp3) is 0.882. The topological polar surface area (TPSA) is 27.7 Å². The molecule has 0 bridgehead atoms. The number of hydrogen-bond donors (Lipinski definition) is 0. The predicted molar refractivity (Wildman–Crippen MR) is 92.2 cm³/mol. The van der Waals surface area contributed by atoms with Gasteiger partial charge in [0.1, 0.15) is 0 Å². The highest BCUT2D eigenvalue weighted by molar-refractivity contribution is 6.66. The van der Waals surface area contributed by atoms with Gasteiger partial charge in [-0.2, -0.15) is 0 Å². The van der Waals surface area contributed by atoms with E-state index in [1.165, 1.54) is 0 Å². The van der Waals surface area contributed by atoms with Crippen LogP contribution in [0.1, 0.15) is 60.8 Å². The molecule has 0 aromatic carbocycles. The molecule has 3 atom stereocenters. The first-order valence-corrected chi connectivity index (χ1v) is 10.3. The summed E-state index contributed by atoms with van der Waals surface area (Å²) in [6.45, 7) is 19.0. The molecule has 0 aliphatic heterocycles. The van der Waals surface area contributed by atoms with Crippen molar-refractivity contribution in [1.82, 2.24) is 0 Å². The van der Waals surface area contributed by atoms with Gasteiger partial charge in [-0.05, 0) is 23.5 Å². The molecule has 0 aromatic heterocycles. The molecule has 21 heavy (non-hydrogen) atoms. The van der Waals surface area contributed by atoms with Gasteiger partial charge in [-0.1, -0.05) is 67.4 Å². The van der Waals surface area contributed by atoms with Gasteiger partial charge in [-0.15, -0.1) is 0 Å². The molecular formula is C17H36O3Si. The van der Waals surface area contributed by atoms with Crippen molar-refractivity contribution in [2.24, 2.45) is 17.8 Å². The molecule has 3 nitrogen and oxygen atoms in total. The Morgan fingerprint density at radius 3 is 1.24 bits per heavy atom. The first kappa shape index (κ1) is 20.8. The molecule has 0 rings (SSSR count). The van der Waals surface area contributed by atoms with Crippen molar-refractivity contribution in [3.8, 4) is 0 Å². The van der Waals surface area contributed by atoms with Gasteiger partial charge in [0, 0.05) is 19.8 Å². The molecule has 0 fully saturated rings. The van der Waals surface area contributed by atoms with Crippen LogP contribution < -0.4 is 0 Å². The van der Waals surface area contributed by atoms with Gasteiger partial charge in [-0.3, -0.25) is 0 Å². The Bertz CT molecular complexity index is 235. The minimum atomic E-state index is -2.74. The summed E-state index contributed by atoms with van der Waals surface area (Å²) in [5.74, 6) is 1.53. The van der Waals surface area contributed by atoms with E-state index in [0.717, 1.165) is 19.3 Å². The molecule has 0 saturated carbocycles. The van der Waals surface area contributed by atoms with E-state index in [-0.39, 0.29) is 0 Å². The average Bonchev–Trinajstić information content (AvgIpc) is 2.53. The third-order valence-corrected chi connectivity index (χ3v) is 6.25. The van der Waals surface area contributed by atoms with Gasteiger partial charge in [0.25, 0.3) is 0 Å². The van der Waals surface area contributed by atoms with E-state index in [1.54, 1.807) is 5.70 Å². The lowest BCUT2D eigenvalue weighted by Crippen LogP contribution is -2.46. The highest BCUT2D eigenvalue weighted by atomic mass is 28.4. The Morgan fingerprint density at radius 2 is 1.05 bits per heavy atom. The molecule has 0 spiro atoms. The Labute approximate surface area is 133 Å². The summed E-state index contributed by atoms with van der Waals surface area (Å²) in [5, 5.41) is 0. The van der Waals surface area contributed by atoms with Gasteiger partial charge in [-0.25, -0.2) is 0 Å². The van der Waals surface area contributed by atoms with Crippen LogP contribution in [0.4, 0.5) is 0 Å². The Balaban J connectivity index is 4.69. The molecule has 0 radical (unpaired) electrons. The maximum Gasteiger partial charge on any atom is 0.529 e. The summed E-state index contributed by atoms with van der Waals surface area (Å²) in [4.78, 5) is 0. The first-order chi connectivity index (χ1) is 9.92. The smallest absolute Gasteiger partial charge is 0.370 e. The van der Waals surface area contributed by atoms with E-state index in [2.05, 4.69) is 48.1 Å². The normalized spacial score (nSPS) is 18.8. The lowest BCUT2D eigenvalue weighted by molar-refractivity contribution is 0.0427. The van der Waals surface area contributed by atoms with E-state index in [4.69, 9.17) is 13.3 Å². The highest BCUT2D eigenvalue weighted by Gasteiger charge is 2.39. The van der Waals surface area contributed by atoms with Crippen LogP contribution in [0.5, 0.6) is 0 Å². The third-order valence-electron chi connectivity index (χ3n) is 4.05. The van der Waals surface area contributed by atoms with Crippen LogP contribution in [-0.4, -0.2) is 28.6 Å². The molecule has 0 heterocycles. The second kappa shape index (κ2) is 11.4. The molecule has 0 N–H and O–H groups in total. The van der Waals surface area contributed by atoms with Gasteiger partial charge in [0.05, 0.1) is 0 Å². The van der Waals surface area contributed by atoms with Crippen LogP contribution in [0.25, 0.3) is 0 Å². The SMILES string of the molecule is C=C[Si](OCC(C)CC)(OCC(C)CC)OCC(C)CC. The highest BCUT2D eigenvalue weighted by Crippen LogP contribution is 2.18. The fourth-order valence-electron chi connectivity index (χ4n) is 1.43. The van der Waals surface area contributed by atoms with Gasteiger partial charge >= 0.3 is 8.80 Å². The Hall–Kier alpha value is -0.163. The van der Waals surface area contributed by atoms with Crippen LogP contribution in [-0.2, 0) is 13.3 Å². The van der Waals surface area contributed by atoms with Crippen molar-refractivity contribution in [2.45, 2.75) is 60.8 Å². The van der Waals surface area contributed by atoms with Gasteiger partial charge in [0.2, 0.25) is 0 Å². The average molecular weight is 317 g/mol. The van der Waals surface area contributed by atoms with Crippen molar-refractivity contribution in [2.75, 3.05) is 19.8 Å².